The highest BCUT2D eigenvalue weighted by Crippen LogP contribution is 2.08. The Morgan fingerprint density at radius 2 is 2.29 bits per heavy atom. The third-order valence-electron chi connectivity index (χ3n) is 1.97. The lowest BCUT2D eigenvalue weighted by atomic mass is 10.2. The second-order valence-corrected chi connectivity index (χ2v) is 4.81. The first kappa shape index (κ1) is 13.6. The standard InChI is InChI=1S/C11H19N3O3/c1-8(10(15)17-11(2,3)4)12-6-5-9-13-7-16-14-9/h7-8,12H,5-6H2,1-4H3. The van der Waals surface area contributed by atoms with Crippen LogP contribution in [0.15, 0.2) is 10.9 Å². The first-order chi connectivity index (χ1) is 7.88. The SMILES string of the molecule is CC(NCCc1ncon1)C(=O)OC(C)(C)C. The van der Waals surface area contributed by atoms with Gasteiger partial charge in [-0.05, 0) is 27.7 Å². The second-order valence-electron chi connectivity index (χ2n) is 4.81. The smallest absolute Gasteiger partial charge is 0.323 e. The number of hydrogen-bond acceptors (Lipinski definition) is 6. The fourth-order valence-electron chi connectivity index (χ4n) is 1.18. The van der Waals surface area contributed by atoms with Gasteiger partial charge in [0.2, 0.25) is 6.39 Å². The lowest BCUT2D eigenvalue weighted by Gasteiger charge is -2.22. The van der Waals surface area contributed by atoms with E-state index in [0.717, 1.165) is 0 Å². The van der Waals surface area contributed by atoms with Gasteiger partial charge in [0.15, 0.2) is 5.82 Å². The molecule has 0 spiro atoms. The number of nitrogens with zero attached hydrogens (tertiary/aromatic N) is 2. The molecule has 6 nitrogen and oxygen atoms in total. The predicted molar refractivity (Wildman–Crippen MR) is 61.3 cm³/mol. The summed E-state index contributed by atoms with van der Waals surface area (Å²) >= 11 is 0. The number of ether oxygens (including phenoxy) is 1. The minimum absolute atomic E-state index is 0.259. The predicted octanol–water partition coefficient (Wildman–Crippen LogP) is 0.932. The molecule has 0 aliphatic heterocycles. The molecule has 96 valence electrons. The van der Waals surface area contributed by atoms with Crippen molar-refractivity contribution in [3.05, 3.63) is 12.2 Å². The van der Waals surface area contributed by atoms with Crippen LogP contribution in [0.5, 0.6) is 0 Å². The molecule has 0 radical (unpaired) electrons. The van der Waals surface area contributed by atoms with Gasteiger partial charge in [-0.1, -0.05) is 5.16 Å². The van der Waals surface area contributed by atoms with E-state index < -0.39 is 5.60 Å². The Bertz CT molecular complexity index is 343. The number of nitrogens with one attached hydrogen (secondary N) is 1. The van der Waals surface area contributed by atoms with Crippen molar-refractivity contribution in [3.63, 3.8) is 0 Å². The van der Waals surface area contributed by atoms with E-state index in [9.17, 15) is 4.79 Å². The summed E-state index contributed by atoms with van der Waals surface area (Å²) in [5.41, 5.74) is -0.458. The highest BCUT2D eigenvalue weighted by atomic mass is 16.6. The van der Waals surface area contributed by atoms with Gasteiger partial charge in [-0.2, -0.15) is 4.98 Å². The van der Waals surface area contributed by atoms with Gasteiger partial charge in [-0.3, -0.25) is 4.79 Å². The zero-order valence-electron chi connectivity index (χ0n) is 10.7. The molecule has 0 fully saturated rings. The van der Waals surface area contributed by atoms with Crippen LogP contribution in [0.25, 0.3) is 0 Å². The molecule has 0 saturated carbocycles. The van der Waals surface area contributed by atoms with Crippen molar-refractivity contribution in [3.8, 4) is 0 Å². The summed E-state index contributed by atoms with van der Waals surface area (Å²) < 4.78 is 9.84. The molecule has 0 amide bonds. The van der Waals surface area contributed by atoms with Crippen LogP contribution < -0.4 is 5.32 Å². The van der Waals surface area contributed by atoms with E-state index >= 15 is 0 Å². The van der Waals surface area contributed by atoms with Crippen molar-refractivity contribution in [2.24, 2.45) is 0 Å². The van der Waals surface area contributed by atoms with Gasteiger partial charge >= 0.3 is 5.97 Å². The number of rotatable bonds is 5. The Morgan fingerprint density at radius 3 is 2.82 bits per heavy atom. The summed E-state index contributed by atoms with van der Waals surface area (Å²) in [6.45, 7) is 7.90. The molecule has 1 N–H and O–H groups in total. The maximum Gasteiger partial charge on any atom is 0.323 e. The molecule has 1 rings (SSSR count). The summed E-state index contributed by atoms with van der Waals surface area (Å²) in [4.78, 5) is 15.5. The highest BCUT2D eigenvalue weighted by molar-refractivity contribution is 5.75. The Balaban J connectivity index is 2.25. The van der Waals surface area contributed by atoms with Crippen molar-refractivity contribution in [1.29, 1.82) is 0 Å². The average molecular weight is 241 g/mol. The minimum Gasteiger partial charge on any atom is -0.459 e. The van der Waals surface area contributed by atoms with Gasteiger partial charge in [-0.25, -0.2) is 0 Å². The Morgan fingerprint density at radius 1 is 1.59 bits per heavy atom. The number of carbonyl (C=O) groups excluding carboxylic acids is 1. The van der Waals surface area contributed by atoms with Crippen LogP contribution in [0.4, 0.5) is 0 Å². The van der Waals surface area contributed by atoms with Crippen molar-refractivity contribution >= 4 is 5.97 Å². The number of aromatic nitrogens is 2. The molecule has 1 heterocycles. The number of carbonyl (C=O) groups is 1. The van der Waals surface area contributed by atoms with Crippen LogP contribution in [0.3, 0.4) is 0 Å². The summed E-state index contributed by atoms with van der Waals surface area (Å²) in [5, 5.41) is 6.72. The van der Waals surface area contributed by atoms with Crippen LogP contribution in [0, 0.1) is 0 Å². The molecular formula is C11H19N3O3. The third kappa shape index (κ3) is 5.44. The maximum atomic E-state index is 11.6. The lowest BCUT2D eigenvalue weighted by Crippen LogP contribution is -2.40. The van der Waals surface area contributed by atoms with Crippen LogP contribution in [-0.4, -0.2) is 34.3 Å². The molecule has 0 aromatic carbocycles. The summed E-state index contributed by atoms with van der Waals surface area (Å²) in [6.07, 6.45) is 1.90. The largest absolute Gasteiger partial charge is 0.459 e. The minimum atomic E-state index is -0.458. The van der Waals surface area contributed by atoms with Crippen molar-refractivity contribution in [2.75, 3.05) is 6.54 Å². The van der Waals surface area contributed by atoms with E-state index in [0.29, 0.717) is 18.8 Å². The molecular weight excluding hydrogens is 222 g/mol. The molecule has 0 aliphatic rings. The summed E-state index contributed by atoms with van der Waals surface area (Å²) in [6, 6.07) is -0.346. The number of hydrogen-bond donors (Lipinski definition) is 1. The normalized spacial score (nSPS) is 13.4. The van der Waals surface area contributed by atoms with E-state index in [2.05, 4.69) is 20.0 Å². The van der Waals surface area contributed by atoms with Gasteiger partial charge in [0.1, 0.15) is 11.6 Å². The Labute approximate surface area is 101 Å². The van der Waals surface area contributed by atoms with Gasteiger partial charge in [0.25, 0.3) is 0 Å². The maximum absolute atomic E-state index is 11.6. The van der Waals surface area contributed by atoms with E-state index in [1.807, 2.05) is 20.8 Å². The van der Waals surface area contributed by atoms with Gasteiger partial charge in [-0.15, -0.1) is 0 Å². The quantitative estimate of drug-likeness (QED) is 0.773. The lowest BCUT2D eigenvalue weighted by molar-refractivity contribution is -0.156. The second kappa shape index (κ2) is 5.77. The van der Waals surface area contributed by atoms with Crippen LogP contribution >= 0.6 is 0 Å². The van der Waals surface area contributed by atoms with Crippen LogP contribution in [0.1, 0.15) is 33.5 Å². The zero-order valence-corrected chi connectivity index (χ0v) is 10.7. The van der Waals surface area contributed by atoms with E-state index in [4.69, 9.17) is 4.74 Å². The van der Waals surface area contributed by atoms with Crippen molar-refractivity contribution in [2.45, 2.75) is 45.8 Å². The summed E-state index contributed by atoms with van der Waals surface area (Å²) in [7, 11) is 0. The molecule has 0 bridgehead atoms. The molecule has 17 heavy (non-hydrogen) atoms. The highest BCUT2D eigenvalue weighted by Gasteiger charge is 2.21. The van der Waals surface area contributed by atoms with Gasteiger partial charge in [0, 0.05) is 13.0 Å². The molecule has 0 saturated heterocycles. The van der Waals surface area contributed by atoms with E-state index in [1.165, 1.54) is 6.39 Å². The van der Waals surface area contributed by atoms with Crippen LogP contribution in [0.2, 0.25) is 0 Å². The average Bonchev–Trinajstić information content (AvgIpc) is 2.67. The molecule has 6 heteroatoms. The third-order valence-corrected chi connectivity index (χ3v) is 1.97. The molecule has 1 unspecified atom stereocenters. The van der Waals surface area contributed by atoms with Gasteiger partial charge in [0.05, 0.1) is 0 Å². The monoisotopic (exact) mass is 241 g/mol. The topological polar surface area (TPSA) is 77.3 Å². The zero-order chi connectivity index (χ0) is 12.9. The van der Waals surface area contributed by atoms with Crippen molar-refractivity contribution < 1.29 is 14.1 Å². The fraction of sp³-hybridized carbons (Fsp3) is 0.727. The fourth-order valence-corrected chi connectivity index (χ4v) is 1.18. The van der Waals surface area contributed by atoms with E-state index in [-0.39, 0.29) is 12.0 Å². The molecule has 1 aromatic rings. The van der Waals surface area contributed by atoms with Gasteiger partial charge < -0.3 is 14.6 Å². The first-order valence-electron chi connectivity index (χ1n) is 5.60. The summed E-state index contributed by atoms with van der Waals surface area (Å²) in [5.74, 6) is 0.361. The molecule has 0 aliphatic carbocycles. The van der Waals surface area contributed by atoms with E-state index in [1.54, 1.807) is 6.92 Å². The molecule has 1 atom stereocenters. The van der Waals surface area contributed by atoms with Crippen molar-refractivity contribution in [1.82, 2.24) is 15.5 Å². The Hall–Kier alpha value is -1.43. The molecule has 1 aromatic heterocycles. The Kier molecular flexibility index (Phi) is 4.62. The first-order valence-corrected chi connectivity index (χ1v) is 5.60. The van der Waals surface area contributed by atoms with Crippen LogP contribution in [-0.2, 0) is 16.0 Å². The number of esters is 1.